The number of nitrogens with one attached hydrogen (secondary N) is 7. The minimum absolute atomic E-state index is 0.0222. The zero-order chi connectivity index (χ0) is 42.8. The number of benzene rings is 2. The second-order valence-electron chi connectivity index (χ2n) is 15.8. The Morgan fingerprint density at radius 1 is 0.700 bits per heavy atom. The average molecular weight is 827 g/mol. The third-order valence-electron chi connectivity index (χ3n) is 11.6. The molecule has 2 aromatic carbocycles. The number of rotatable bonds is 9. The minimum Gasteiger partial charge on any atom is -0.445 e. The molecule has 4 bridgehead atoms. The lowest BCUT2D eigenvalue weighted by Gasteiger charge is -2.33. The van der Waals surface area contributed by atoms with E-state index in [1.165, 1.54) is 36.2 Å². The number of hydrogen-bond donors (Lipinski definition) is 7. The van der Waals surface area contributed by atoms with Crippen LogP contribution in [-0.2, 0) is 14.3 Å². The predicted molar refractivity (Wildman–Crippen MR) is 219 cm³/mol. The number of nitrogens with zero attached hydrogens (tertiary/aromatic N) is 1. The molecule has 4 aliphatic rings. The molecule has 6 rings (SSSR count). The lowest BCUT2D eigenvalue weighted by molar-refractivity contribution is -0.130. The molecule has 7 N–H and O–H groups in total. The maximum atomic E-state index is 14.2. The van der Waals surface area contributed by atoms with Crippen molar-refractivity contribution in [1.82, 2.24) is 42.1 Å². The Balaban J connectivity index is 1.29. The molecule has 1 saturated heterocycles. The second kappa shape index (κ2) is 20.1. The molecule has 2 heterocycles. The molecule has 0 radical (unpaired) electrons. The summed E-state index contributed by atoms with van der Waals surface area (Å²) in [7, 11) is 1.51. The first-order valence-electron chi connectivity index (χ1n) is 20.7. The molecule has 2 saturated carbocycles. The van der Waals surface area contributed by atoms with E-state index in [0.717, 1.165) is 25.7 Å². The molecule has 3 fully saturated rings. The lowest BCUT2D eigenvalue weighted by Crippen LogP contribution is -2.54. The van der Waals surface area contributed by atoms with Crippen molar-refractivity contribution in [2.75, 3.05) is 26.7 Å². The molecule has 6 atom stereocenters. The van der Waals surface area contributed by atoms with Crippen LogP contribution < -0.4 is 37.2 Å². The Kier molecular flexibility index (Phi) is 14.5. The number of hydrogen-bond acceptors (Lipinski definition) is 9. The van der Waals surface area contributed by atoms with Gasteiger partial charge in [0, 0.05) is 85.0 Å². The van der Waals surface area contributed by atoms with Gasteiger partial charge >= 0.3 is 6.09 Å². The van der Waals surface area contributed by atoms with E-state index in [-0.39, 0.29) is 72.9 Å². The van der Waals surface area contributed by atoms with E-state index in [0.29, 0.717) is 43.2 Å². The van der Waals surface area contributed by atoms with Crippen molar-refractivity contribution in [1.29, 1.82) is 0 Å². The van der Waals surface area contributed by atoms with Gasteiger partial charge in [0.15, 0.2) is 0 Å². The Labute approximate surface area is 348 Å². The van der Waals surface area contributed by atoms with Gasteiger partial charge in [0.1, 0.15) is 6.61 Å². The molecular formula is C43H54N8O9. The zero-order valence-corrected chi connectivity index (χ0v) is 33.8. The van der Waals surface area contributed by atoms with E-state index < -0.39 is 60.1 Å². The number of carbonyl (C=O) groups excluding carboxylic acids is 8. The smallest absolute Gasteiger partial charge is 0.407 e. The van der Waals surface area contributed by atoms with Crippen molar-refractivity contribution in [3.05, 3.63) is 82.9 Å². The van der Waals surface area contributed by atoms with Crippen LogP contribution in [0.25, 0.3) is 0 Å². The van der Waals surface area contributed by atoms with Crippen LogP contribution in [0.3, 0.4) is 0 Å². The molecule has 17 heteroatoms. The van der Waals surface area contributed by atoms with E-state index in [9.17, 15) is 38.4 Å². The van der Waals surface area contributed by atoms with Crippen LogP contribution in [0.5, 0.6) is 0 Å². The van der Waals surface area contributed by atoms with Gasteiger partial charge in [0.25, 0.3) is 29.5 Å². The van der Waals surface area contributed by atoms with Crippen molar-refractivity contribution >= 4 is 47.4 Å². The molecule has 320 valence electrons. The number of carbonyl (C=O) groups is 8. The minimum atomic E-state index is -0.803. The van der Waals surface area contributed by atoms with Gasteiger partial charge in [-0.25, -0.2) is 4.79 Å². The lowest BCUT2D eigenvalue weighted by atomic mass is 9.89. The highest BCUT2D eigenvalue weighted by Crippen LogP contribution is 2.24. The summed E-state index contributed by atoms with van der Waals surface area (Å²) in [6.45, 7) is 3.56. The van der Waals surface area contributed by atoms with E-state index in [2.05, 4.69) is 43.8 Å². The summed E-state index contributed by atoms with van der Waals surface area (Å²) in [5.74, 6) is -2.98. The van der Waals surface area contributed by atoms with Gasteiger partial charge in [0.2, 0.25) is 11.8 Å². The Hall–Kier alpha value is -6.26. The molecule has 60 heavy (non-hydrogen) atoms. The zero-order valence-electron chi connectivity index (χ0n) is 33.8. The first-order chi connectivity index (χ1) is 28.9. The Bertz CT molecular complexity index is 1920. The van der Waals surface area contributed by atoms with Crippen molar-refractivity contribution in [3.63, 3.8) is 0 Å². The fraction of sp³-hybridized carbons (Fsp3) is 0.488. The quantitative estimate of drug-likeness (QED) is 0.183. The predicted octanol–water partition coefficient (Wildman–Crippen LogP) is 2.08. The molecule has 1 unspecified atom stereocenters. The SMILES string of the molecule is C=CCOC(=O)N[C@H]1CN(C(=O)CCCC(=O)NC)CC1NC(=O)c1cc2cc(c1)C(=O)N[C@@H]1CCCC[C@H]1NC(=O)c1cccc(c1)C(=O)N[C@@H]1CCCC[C@H]1NC2=O. The third-order valence-corrected chi connectivity index (χ3v) is 11.6. The standard InChI is InChI=1S/C43H54N8O9/c1-3-18-60-43(59)50-35-24-51(37(53)17-9-16-36(52)44-2)23-34(35)49-42(58)29-21-27-20-28(22-29)41(57)48-33-15-7-5-13-31(33)46-39(55)26-11-8-10-25(19-26)38(54)45-30-12-4-6-14-32(30)47-40(27)56/h3,8,10-11,19-22,30-35H,1,4-7,9,12-18,23-24H2,2H3,(H,44,52)(H,45,54)(H,46,55)(H,47,56)(H,48,57)(H,49,58)(H,50,59)/t30-,31-,32-,33-,34?,35+/m1/s1. The number of likely N-dealkylation sites (tertiary alicyclic amines) is 1. The second-order valence-corrected chi connectivity index (χ2v) is 15.8. The summed E-state index contributed by atoms with van der Waals surface area (Å²) in [6.07, 6.45) is 6.75. The highest BCUT2D eigenvalue weighted by molar-refractivity contribution is 6.05. The summed E-state index contributed by atoms with van der Waals surface area (Å²) in [6, 6.07) is 7.26. The van der Waals surface area contributed by atoms with Crippen LogP contribution >= 0.6 is 0 Å². The van der Waals surface area contributed by atoms with Crippen LogP contribution in [0.1, 0.15) is 122 Å². The van der Waals surface area contributed by atoms with Gasteiger partial charge in [-0.1, -0.05) is 44.4 Å². The van der Waals surface area contributed by atoms with Gasteiger partial charge in [0.05, 0.1) is 12.1 Å². The fourth-order valence-electron chi connectivity index (χ4n) is 8.34. The first kappa shape index (κ1) is 43.3. The van der Waals surface area contributed by atoms with Gasteiger partial charge in [-0.2, -0.15) is 0 Å². The van der Waals surface area contributed by atoms with Crippen molar-refractivity contribution in [2.45, 2.75) is 107 Å². The van der Waals surface area contributed by atoms with Crippen LogP contribution in [0.2, 0.25) is 0 Å². The molecule has 2 aliphatic carbocycles. The molecule has 2 aromatic rings. The summed E-state index contributed by atoms with van der Waals surface area (Å²) in [5.41, 5.74) is 0.655. The van der Waals surface area contributed by atoms with Crippen molar-refractivity contribution < 1.29 is 43.1 Å². The van der Waals surface area contributed by atoms with Crippen LogP contribution in [0.15, 0.2) is 55.1 Å². The maximum absolute atomic E-state index is 14.2. The number of amides is 8. The Morgan fingerprint density at radius 2 is 1.17 bits per heavy atom. The highest BCUT2D eigenvalue weighted by atomic mass is 16.5. The Morgan fingerprint density at radius 3 is 1.65 bits per heavy atom. The van der Waals surface area contributed by atoms with Crippen molar-refractivity contribution in [3.8, 4) is 0 Å². The number of fused-ring (bicyclic) bond motifs is 6. The third kappa shape index (κ3) is 11.1. The molecule has 2 aliphatic heterocycles. The average Bonchev–Trinajstić information content (AvgIpc) is 3.64. The molecular weight excluding hydrogens is 773 g/mol. The molecule has 8 amide bonds. The molecule has 0 spiro atoms. The summed E-state index contributed by atoms with van der Waals surface area (Å²) < 4.78 is 5.11. The number of alkyl carbamates (subject to hydrolysis) is 1. The van der Waals surface area contributed by atoms with E-state index in [1.807, 2.05) is 0 Å². The van der Waals surface area contributed by atoms with Gasteiger partial charge < -0.3 is 46.9 Å². The number of ether oxygens (including phenoxy) is 1. The monoisotopic (exact) mass is 826 g/mol. The van der Waals surface area contributed by atoms with Crippen LogP contribution in [0.4, 0.5) is 4.79 Å². The van der Waals surface area contributed by atoms with E-state index >= 15 is 0 Å². The van der Waals surface area contributed by atoms with Crippen LogP contribution in [-0.4, -0.2) is 115 Å². The van der Waals surface area contributed by atoms with Gasteiger partial charge in [-0.15, -0.1) is 0 Å². The molecule has 17 nitrogen and oxygen atoms in total. The van der Waals surface area contributed by atoms with E-state index in [4.69, 9.17) is 4.74 Å². The highest BCUT2D eigenvalue weighted by Gasteiger charge is 2.38. The van der Waals surface area contributed by atoms with Crippen molar-refractivity contribution in [2.24, 2.45) is 0 Å². The topological polar surface area (TPSA) is 233 Å². The van der Waals surface area contributed by atoms with Gasteiger partial charge in [-0.3, -0.25) is 33.6 Å². The van der Waals surface area contributed by atoms with E-state index in [1.54, 1.807) is 24.3 Å². The maximum Gasteiger partial charge on any atom is 0.407 e. The normalized spacial score (nSPS) is 24.3. The summed E-state index contributed by atoms with van der Waals surface area (Å²) >= 11 is 0. The van der Waals surface area contributed by atoms with Crippen LogP contribution in [0, 0.1) is 0 Å². The van der Waals surface area contributed by atoms with Gasteiger partial charge in [-0.05, 0) is 68.5 Å². The summed E-state index contributed by atoms with van der Waals surface area (Å²) in [4.78, 5) is 108. The largest absolute Gasteiger partial charge is 0.445 e. The summed E-state index contributed by atoms with van der Waals surface area (Å²) in [5, 5.41) is 20.3. The molecule has 0 aromatic heterocycles. The fourth-order valence-corrected chi connectivity index (χ4v) is 8.34. The first-order valence-corrected chi connectivity index (χ1v) is 20.7.